The van der Waals surface area contributed by atoms with Gasteiger partial charge in [-0.05, 0) is 19.8 Å². The van der Waals surface area contributed by atoms with Crippen LogP contribution in [0.25, 0.3) is 0 Å². The van der Waals surface area contributed by atoms with Crippen molar-refractivity contribution >= 4 is 18.6 Å². The van der Waals surface area contributed by atoms with Gasteiger partial charge in [-0.15, -0.1) is 0 Å². The van der Waals surface area contributed by atoms with Gasteiger partial charge in [0.1, 0.15) is 6.61 Å². The maximum Gasteiger partial charge on any atom is 0.311 e. The number of thiol groups is 1. The molecule has 0 heterocycles. The third kappa shape index (κ3) is 3.05. The largest absolute Gasteiger partial charge is 0.464 e. The smallest absolute Gasteiger partial charge is 0.311 e. The highest BCUT2D eigenvalue weighted by atomic mass is 32.1. The predicted octanol–water partition coefficient (Wildman–Crippen LogP) is 2.29. The SMILES string of the molecule is CCC(C)(CC)C(=O)OCCS. The molecule has 72 valence electrons. The van der Waals surface area contributed by atoms with Gasteiger partial charge in [0, 0.05) is 5.75 Å². The quantitative estimate of drug-likeness (QED) is 0.532. The van der Waals surface area contributed by atoms with E-state index in [-0.39, 0.29) is 11.4 Å². The summed E-state index contributed by atoms with van der Waals surface area (Å²) in [6.07, 6.45) is 1.66. The molecule has 0 atom stereocenters. The zero-order valence-electron chi connectivity index (χ0n) is 8.09. The molecule has 0 spiro atoms. The van der Waals surface area contributed by atoms with E-state index in [1.54, 1.807) is 0 Å². The summed E-state index contributed by atoms with van der Waals surface area (Å²) in [5.41, 5.74) is -0.303. The first-order valence-electron chi connectivity index (χ1n) is 4.38. The Labute approximate surface area is 80.1 Å². The van der Waals surface area contributed by atoms with Crippen molar-refractivity contribution in [2.45, 2.75) is 33.6 Å². The van der Waals surface area contributed by atoms with Crippen LogP contribution in [-0.2, 0) is 9.53 Å². The van der Waals surface area contributed by atoms with Crippen LogP contribution in [0, 0.1) is 5.41 Å². The Morgan fingerprint density at radius 2 is 1.92 bits per heavy atom. The molecule has 0 fully saturated rings. The highest BCUT2D eigenvalue weighted by molar-refractivity contribution is 7.80. The Balaban J connectivity index is 4.03. The molecule has 2 nitrogen and oxygen atoms in total. The predicted molar refractivity (Wildman–Crippen MR) is 53.5 cm³/mol. The normalized spacial score (nSPS) is 11.3. The minimum atomic E-state index is -0.303. The molecule has 12 heavy (non-hydrogen) atoms. The molecule has 0 aromatic heterocycles. The summed E-state index contributed by atoms with van der Waals surface area (Å²) >= 11 is 3.97. The van der Waals surface area contributed by atoms with Gasteiger partial charge < -0.3 is 4.74 Å². The zero-order chi connectivity index (χ0) is 9.61. The van der Waals surface area contributed by atoms with Crippen LogP contribution in [0.4, 0.5) is 0 Å². The molecule has 0 radical (unpaired) electrons. The third-order valence-electron chi connectivity index (χ3n) is 2.38. The van der Waals surface area contributed by atoms with Crippen molar-refractivity contribution in [3.8, 4) is 0 Å². The first kappa shape index (κ1) is 11.8. The zero-order valence-corrected chi connectivity index (χ0v) is 8.99. The van der Waals surface area contributed by atoms with Crippen LogP contribution in [0.15, 0.2) is 0 Å². The Kier molecular flexibility index (Phi) is 5.38. The van der Waals surface area contributed by atoms with Gasteiger partial charge in [0.25, 0.3) is 0 Å². The van der Waals surface area contributed by atoms with E-state index in [9.17, 15) is 4.79 Å². The summed E-state index contributed by atoms with van der Waals surface area (Å²) in [5, 5.41) is 0. The lowest BCUT2D eigenvalue weighted by molar-refractivity contribution is -0.154. The molecule has 0 saturated carbocycles. The minimum Gasteiger partial charge on any atom is -0.464 e. The van der Waals surface area contributed by atoms with Crippen molar-refractivity contribution < 1.29 is 9.53 Å². The van der Waals surface area contributed by atoms with E-state index in [0.717, 1.165) is 12.8 Å². The molecule has 0 amide bonds. The molecule has 0 N–H and O–H groups in total. The van der Waals surface area contributed by atoms with Crippen LogP contribution in [0.1, 0.15) is 33.6 Å². The van der Waals surface area contributed by atoms with Crippen molar-refractivity contribution in [1.82, 2.24) is 0 Å². The molecule has 3 heteroatoms. The molecular weight excluding hydrogens is 172 g/mol. The summed E-state index contributed by atoms with van der Waals surface area (Å²) in [6, 6.07) is 0. The number of carbonyl (C=O) groups is 1. The number of rotatable bonds is 5. The van der Waals surface area contributed by atoms with Gasteiger partial charge in [0.05, 0.1) is 5.41 Å². The number of carbonyl (C=O) groups excluding carboxylic acids is 1. The molecule has 0 aliphatic carbocycles. The molecular formula is C9H18O2S. The van der Waals surface area contributed by atoms with Crippen molar-refractivity contribution in [1.29, 1.82) is 0 Å². The van der Waals surface area contributed by atoms with Crippen LogP contribution in [0.2, 0.25) is 0 Å². The van der Waals surface area contributed by atoms with Crippen LogP contribution < -0.4 is 0 Å². The maximum absolute atomic E-state index is 11.4. The fraction of sp³-hybridized carbons (Fsp3) is 0.889. The number of hydrogen-bond acceptors (Lipinski definition) is 3. The molecule has 0 aliphatic heterocycles. The van der Waals surface area contributed by atoms with E-state index in [1.165, 1.54) is 0 Å². The Bertz CT molecular complexity index is 141. The van der Waals surface area contributed by atoms with E-state index in [2.05, 4.69) is 12.6 Å². The fourth-order valence-corrected chi connectivity index (χ4v) is 0.943. The monoisotopic (exact) mass is 190 g/mol. The fourth-order valence-electron chi connectivity index (χ4n) is 0.851. The third-order valence-corrected chi connectivity index (χ3v) is 2.56. The standard InChI is InChI=1S/C9H18O2S/c1-4-9(3,5-2)8(10)11-6-7-12/h12H,4-7H2,1-3H3. The van der Waals surface area contributed by atoms with E-state index in [0.29, 0.717) is 12.4 Å². The maximum atomic E-state index is 11.4. The Morgan fingerprint density at radius 1 is 1.42 bits per heavy atom. The molecule has 0 aromatic rings. The van der Waals surface area contributed by atoms with Crippen molar-refractivity contribution in [3.63, 3.8) is 0 Å². The van der Waals surface area contributed by atoms with Gasteiger partial charge in [0.2, 0.25) is 0 Å². The minimum absolute atomic E-state index is 0.0958. The van der Waals surface area contributed by atoms with Crippen molar-refractivity contribution in [3.05, 3.63) is 0 Å². The molecule has 0 unspecified atom stereocenters. The van der Waals surface area contributed by atoms with Crippen molar-refractivity contribution in [2.75, 3.05) is 12.4 Å². The van der Waals surface area contributed by atoms with Gasteiger partial charge in [-0.25, -0.2) is 0 Å². The lowest BCUT2D eigenvalue weighted by atomic mass is 9.85. The summed E-state index contributed by atoms with van der Waals surface area (Å²) in [7, 11) is 0. The highest BCUT2D eigenvalue weighted by Crippen LogP contribution is 2.26. The molecule has 0 bridgehead atoms. The van der Waals surface area contributed by atoms with E-state index >= 15 is 0 Å². The number of ether oxygens (including phenoxy) is 1. The van der Waals surface area contributed by atoms with E-state index in [1.807, 2.05) is 20.8 Å². The average Bonchev–Trinajstić information content (AvgIpc) is 2.12. The summed E-state index contributed by atoms with van der Waals surface area (Å²) in [4.78, 5) is 11.4. The second kappa shape index (κ2) is 5.46. The van der Waals surface area contributed by atoms with Gasteiger partial charge in [-0.3, -0.25) is 4.79 Å². The van der Waals surface area contributed by atoms with Crippen molar-refractivity contribution in [2.24, 2.45) is 5.41 Å². The van der Waals surface area contributed by atoms with Gasteiger partial charge >= 0.3 is 5.97 Å². The van der Waals surface area contributed by atoms with Gasteiger partial charge in [0.15, 0.2) is 0 Å². The summed E-state index contributed by atoms with van der Waals surface area (Å²) < 4.78 is 5.02. The van der Waals surface area contributed by atoms with E-state index < -0.39 is 0 Å². The van der Waals surface area contributed by atoms with Crippen LogP contribution in [0.3, 0.4) is 0 Å². The first-order valence-corrected chi connectivity index (χ1v) is 5.02. The lowest BCUT2D eigenvalue weighted by Gasteiger charge is -2.23. The average molecular weight is 190 g/mol. The summed E-state index contributed by atoms with van der Waals surface area (Å²) in [5.74, 6) is 0.497. The first-order chi connectivity index (χ1) is 5.60. The molecule has 0 rings (SSSR count). The Hall–Kier alpha value is -0.180. The second-order valence-corrected chi connectivity index (χ2v) is 3.57. The van der Waals surface area contributed by atoms with Crippen LogP contribution >= 0.6 is 12.6 Å². The van der Waals surface area contributed by atoms with Crippen LogP contribution in [0.5, 0.6) is 0 Å². The topological polar surface area (TPSA) is 26.3 Å². The number of hydrogen-bond donors (Lipinski definition) is 1. The van der Waals surface area contributed by atoms with E-state index in [4.69, 9.17) is 4.74 Å². The Morgan fingerprint density at radius 3 is 2.25 bits per heavy atom. The molecule has 0 aliphatic rings. The molecule has 0 aromatic carbocycles. The van der Waals surface area contributed by atoms with Gasteiger partial charge in [-0.1, -0.05) is 13.8 Å². The lowest BCUT2D eigenvalue weighted by Crippen LogP contribution is -2.29. The number of esters is 1. The van der Waals surface area contributed by atoms with Crippen LogP contribution in [-0.4, -0.2) is 18.3 Å². The highest BCUT2D eigenvalue weighted by Gasteiger charge is 2.30. The second-order valence-electron chi connectivity index (χ2n) is 3.13. The van der Waals surface area contributed by atoms with Gasteiger partial charge in [-0.2, -0.15) is 12.6 Å². The summed E-state index contributed by atoms with van der Waals surface area (Å²) in [6.45, 7) is 6.36. The molecule has 0 saturated heterocycles.